The first-order valence-electron chi connectivity index (χ1n) is 7.35. The van der Waals surface area contributed by atoms with E-state index in [0.717, 1.165) is 31.7 Å². The van der Waals surface area contributed by atoms with Gasteiger partial charge >= 0.3 is 0 Å². The Morgan fingerprint density at radius 1 is 1.21 bits per heavy atom. The van der Waals surface area contributed by atoms with Crippen molar-refractivity contribution in [3.63, 3.8) is 0 Å². The summed E-state index contributed by atoms with van der Waals surface area (Å²) in [6.45, 7) is 7.24. The van der Waals surface area contributed by atoms with E-state index in [1.54, 1.807) is 6.07 Å². The van der Waals surface area contributed by atoms with Crippen LogP contribution in [0.3, 0.4) is 0 Å². The highest BCUT2D eigenvalue weighted by atomic mass is 35.5. The molecule has 0 N–H and O–H groups in total. The summed E-state index contributed by atoms with van der Waals surface area (Å²) in [5, 5.41) is 0.468. The zero-order valence-corrected chi connectivity index (χ0v) is 13.0. The van der Waals surface area contributed by atoms with Crippen molar-refractivity contribution in [1.29, 1.82) is 0 Å². The first kappa shape index (κ1) is 16.2. The third-order valence-electron chi connectivity index (χ3n) is 3.20. The fraction of sp³-hybridized carbons (Fsp3) is 0.733. The maximum atomic E-state index is 5.99. The van der Waals surface area contributed by atoms with Gasteiger partial charge in [-0.2, -0.15) is 4.98 Å². The summed E-state index contributed by atoms with van der Waals surface area (Å²) in [7, 11) is 0. The fourth-order valence-electron chi connectivity index (χ4n) is 1.95. The molecule has 0 spiro atoms. The third kappa shape index (κ3) is 6.24. The smallest absolute Gasteiger partial charge is 0.218 e. The van der Waals surface area contributed by atoms with Gasteiger partial charge in [-0.3, -0.25) is 0 Å². The normalized spacial score (nSPS) is 12.4. The fourth-order valence-corrected chi connectivity index (χ4v) is 2.14. The number of aromatic nitrogens is 2. The van der Waals surface area contributed by atoms with E-state index in [0.29, 0.717) is 17.0 Å². The van der Waals surface area contributed by atoms with Crippen LogP contribution in [0.1, 0.15) is 58.7 Å². The molecular weight excluding hydrogens is 260 g/mol. The van der Waals surface area contributed by atoms with E-state index in [9.17, 15) is 0 Å². The number of ether oxygens (including phenoxy) is 1. The lowest BCUT2D eigenvalue weighted by molar-refractivity contribution is 0.225. The highest BCUT2D eigenvalue weighted by Crippen LogP contribution is 2.18. The van der Waals surface area contributed by atoms with Crippen molar-refractivity contribution in [2.45, 2.75) is 59.3 Å². The summed E-state index contributed by atoms with van der Waals surface area (Å²) < 4.78 is 5.79. The number of halogens is 1. The molecule has 0 saturated heterocycles. The van der Waals surface area contributed by atoms with Gasteiger partial charge in [0.25, 0.3) is 0 Å². The van der Waals surface area contributed by atoms with Crippen molar-refractivity contribution >= 4 is 11.6 Å². The first-order valence-corrected chi connectivity index (χ1v) is 7.73. The summed E-state index contributed by atoms with van der Waals surface area (Å²) in [4.78, 5) is 8.59. The minimum atomic E-state index is 0.468. The summed E-state index contributed by atoms with van der Waals surface area (Å²) in [6.07, 6.45) is 6.69. The Morgan fingerprint density at radius 2 is 2.00 bits per heavy atom. The predicted octanol–water partition coefficient (Wildman–Crippen LogP) is 4.68. The summed E-state index contributed by atoms with van der Waals surface area (Å²) in [5.74, 6) is 1.98. The second kappa shape index (κ2) is 9.13. The van der Waals surface area contributed by atoms with Gasteiger partial charge in [0.2, 0.25) is 5.88 Å². The lowest BCUT2D eigenvalue weighted by Gasteiger charge is -2.15. The van der Waals surface area contributed by atoms with Crippen LogP contribution in [-0.2, 0) is 6.42 Å². The van der Waals surface area contributed by atoms with Crippen LogP contribution in [0, 0.1) is 5.92 Å². The quantitative estimate of drug-likeness (QED) is 0.618. The molecule has 0 aliphatic heterocycles. The molecule has 0 aromatic carbocycles. The Morgan fingerprint density at radius 3 is 2.63 bits per heavy atom. The molecule has 0 radical (unpaired) electrons. The van der Waals surface area contributed by atoms with Crippen LogP contribution < -0.4 is 4.74 Å². The summed E-state index contributed by atoms with van der Waals surface area (Å²) in [6, 6.07) is 1.70. The van der Waals surface area contributed by atoms with Gasteiger partial charge in [0.1, 0.15) is 11.0 Å². The molecule has 0 saturated carbocycles. The van der Waals surface area contributed by atoms with Crippen molar-refractivity contribution in [3.05, 3.63) is 17.0 Å². The first-order chi connectivity index (χ1) is 9.19. The van der Waals surface area contributed by atoms with Crippen LogP contribution in [0.2, 0.25) is 5.15 Å². The Hall–Kier alpha value is -0.830. The van der Waals surface area contributed by atoms with E-state index in [4.69, 9.17) is 16.3 Å². The van der Waals surface area contributed by atoms with E-state index in [2.05, 4.69) is 30.7 Å². The minimum Gasteiger partial charge on any atom is -0.477 e. The maximum absolute atomic E-state index is 5.99. The Labute approximate surface area is 121 Å². The van der Waals surface area contributed by atoms with Gasteiger partial charge < -0.3 is 4.74 Å². The molecule has 4 heteroatoms. The van der Waals surface area contributed by atoms with Crippen LogP contribution in [0.15, 0.2) is 6.07 Å². The second-order valence-corrected chi connectivity index (χ2v) is 5.31. The number of aryl methyl sites for hydroxylation is 1. The number of unbranched alkanes of at least 4 members (excludes halogenated alkanes) is 1. The number of rotatable bonds is 9. The zero-order valence-electron chi connectivity index (χ0n) is 12.3. The lowest BCUT2D eigenvalue weighted by Crippen LogP contribution is -2.12. The Bertz CT molecular complexity index is 371. The molecule has 1 unspecified atom stereocenters. The van der Waals surface area contributed by atoms with E-state index in [1.165, 1.54) is 19.3 Å². The van der Waals surface area contributed by atoms with Gasteiger partial charge in [-0.25, -0.2) is 4.98 Å². The average Bonchev–Trinajstić information content (AvgIpc) is 2.39. The molecule has 0 bridgehead atoms. The van der Waals surface area contributed by atoms with Crippen LogP contribution in [0.4, 0.5) is 0 Å². The van der Waals surface area contributed by atoms with Crippen molar-refractivity contribution < 1.29 is 4.74 Å². The third-order valence-corrected chi connectivity index (χ3v) is 3.40. The molecule has 1 aromatic heterocycles. The van der Waals surface area contributed by atoms with Crippen molar-refractivity contribution in [3.8, 4) is 5.88 Å². The topological polar surface area (TPSA) is 35.0 Å². The molecule has 3 nitrogen and oxygen atoms in total. The monoisotopic (exact) mass is 284 g/mol. The highest BCUT2D eigenvalue weighted by Gasteiger charge is 2.09. The molecule has 0 aliphatic carbocycles. The second-order valence-electron chi connectivity index (χ2n) is 4.92. The van der Waals surface area contributed by atoms with Gasteiger partial charge in [-0.1, -0.05) is 51.6 Å². The van der Waals surface area contributed by atoms with Crippen LogP contribution >= 0.6 is 11.6 Å². The molecule has 19 heavy (non-hydrogen) atoms. The molecule has 0 amide bonds. The molecule has 108 valence electrons. The van der Waals surface area contributed by atoms with E-state index < -0.39 is 0 Å². The molecular formula is C15H25ClN2O. The van der Waals surface area contributed by atoms with Gasteiger partial charge in [-0.15, -0.1) is 0 Å². The van der Waals surface area contributed by atoms with Gasteiger partial charge in [0.05, 0.1) is 6.61 Å². The average molecular weight is 285 g/mol. The van der Waals surface area contributed by atoms with E-state index in [1.807, 2.05) is 0 Å². The van der Waals surface area contributed by atoms with Crippen LogP contribution in [0.5, 0.6) is 5.88 Å². The van der Waals surface area contributed by atoms with Gasteiger partial charge in [0, 0.05) is 12.5 Å². The minimum absolute atomic E-state index is 0.468. The Balaban J connectivity index is 2.55. The standard InChI is InChI=1S/C15H25ClN2O/c1-4-7-9-12(6-3)11-19-15-10-13(16)17-14(18-15)8-5-2/h10,12H,4-9,11H2,1-3H3. The number of hydrogen-bond acceptors (Lipinski definition) is 3. The molecule has 1 heterocycles. The summed E-state index contributed by atoms with van der Waals surface area (Å²) in [5.41, 5.74) is 0. The van der Waals surface area contributed by atoms with Crippen LogP contribution in [0.25, 0.3) is 0 Å². The van der Waals surface area contributed by atoms with Crippen molar-refractivity contribution in [1.82, 2.24) is 9.97 Å². The van der Waals surface area contributed by atoms with Crippen molar-refractivity contribution in [2.24, 2.45) is 5.92 Å². The molecule has 1 aromatic rings. The molecule has 1 atom stereocenters. The van der Waals surface area contributed by atoms with E-state index >= 15 is 0 Å². The zero-order chi connectivity index (χ0) is 14.1. The molecule has 1 rings (SSSR count). The van der Waals surface area contributed by atoms with E-state index in [-0.39, 0.29) is 0 Å². The molecule has 0 fully saturated rings. The SMILES string of the molecule is CCCCC(CC)COc1cc(Cl)nc(CCC)n1. The number of nitrogens with zero attached hydrogens (tertiary/aromatic N) is 2. The largest absolute Gasteiger partial charge is 0.477 e. The highest BCUT2D eigenvalue weighted by molar-refractivity contribution is 6.29. The molecule has 0 aliphatic rings. The van der Waals surface area contributed by atoms with Crippen molar-refractivity contribution in [2.75, 3.05) is 6.61 Å². The van der Waals surface area contributed by atoms with Gasteiger partial charge in [-0.05, 0) is 18.8 Å². The predicted molar refractivity (Wildman–Crippen MR) is 79.8 cm³/mol. The lowest BCUT2D eigenvalue weighted by atomic mass is 10.0. The summed E-state index contributed by atoms with van der Waals surface area (Å²) >= 11 is 5.99. The Kier molecular flexibility index (Phi) is 7.80. The number of hydrogen-bond donors (Lipinski definition) is 0. The maximum Gasteiger partial charge on any atom is 0.218 e. The van der Waals surface area contributed by atoms with Gasteiger partial charge in [0.15, 0.2) is 0 Å². The van der Waals surface area contributed by atoms with Crippen LogP contribution in [-0.4, -0.2) is 16.6 Å².